The first kappa shape index (κ1) is 32.7. The summed E-state index contributed by atoms with van der Waals surface area (Å²) >= 11 is 0. The summed E-state index contributed by atoms with van der Waals surface area (Å²) in [6.07, 6.45) is 0. The van der Waals surface area contributed by atoms with Gasteiger partial charge in [0.15, 0.2) is 5.82 Å². The molecule has 0 saturated carbocycles. The fraction of sp³-hybridized carbons (Fsp3) is 0. The highest BCUT2D eigenvalue weighted by atomic mass is 16.3. The lowest BCUT2D eigenvalue weighted by Crippen LogP contribution is -1.96. The van der Waals surface area contributed by atoms with Crippen LogP contribution in [0.4, 0.5) is 0 Å². The minimum absolute atomic E-state index is 0.631. The van der Waals surface area contributed by atoms with Crippen LogP contribution in [0.15, 0.2) is 205 Å². The summed E-state index contributed by atoms with van der Waals surface area (Å²) in [6, 6.07) is 69.6. The van der Waals surface area contributed by atoms with Crippen LogP contribution >= 0.6 is 0 Å². The van der Waals surface area contributed by atoms with E-state index in [-0.39, 0.29) is 0 Å². The third-order valence-corrected chi connectivity index (χ3v) is 10.9. The van der Waals surface area contributed by atoms with Gasteiger partial charge in [-0.2, -0.15) is 0 Å². The minimum atomic E-state index is 0.631. The molecule has 0 unspecified atom stereocenters. The van der Waals surface area contributed by atoms with Crippen molar-refractivity contribution in [2.24, 2.45) is 0 Å². The summed E-state index contributed by atoms with van der Waals surface area (Å²) in [4.78, 5) is 15.6. The second kappa shape index (κ2) is 13.6. The molecule has 4 heteroatoms. The number of hydrogen-bond acceptors (Lipinski definition) is 4. The number of nitrogens with zero attached hydrogens (tertiary/aromatic N) is 3. The maximum absolute atomic E-state index is 6.90. The summed E-state index contributed by atoms with van der Waals surface area (Å²) in [6.45, 7) is 0. The fourth-order valence-corrected chi connectivity index (χ4v) is 8.07. The van der Waals surface area contributed by atoms with Gasteiger partial charge in [-0.25, -0.2) is 15.0 Å². The molecule has 4 nitrogen and oxygen atoms in total. The van der Waals surface area contributed by atoms with Gasteiger partial charge >= 0.3 is 0 Å². The van der Waals surface area contributed by atoms with E-state index < -0.39 is 0 Å². The molecular weight excluding hydrogens is 695 g/mol. The third kappa shape index (κ3) is 5.83. The van der Waals surface area contributed by atoms with E-state index in [0.29, 0.717) is 5.82 Å². The Bertz CT molecular complexity index is 3180. The SMILES string of the molecule is c1ccc(-c2cccc(-c3cc(-c4cccc(-c5ccccc5)c4)nc(-c4ccc5c(c4)oc4c5ccc5c(-c6ccccc6)nc6ccccc6c54)n3)c2)cc1. The van der Waals surface area contributed by atoms with Crippen LogP contribution in [0, 0.1) is 0 Å². The van der Waals surface area contributed by atoms with E-state index in [9.17, 15) is 0 Å². The van der Waals surface area contributed by atoms with Crippen LogP contribution in [0.2, 0.25) is 0 Å². The van der Waals surface area contributed by atoms with Gasteiger partial charge in [0.2, 0.25) is 0 Å². The van der Waals surface area contributed by atoms with Crippen molar-refractivity contribution < 1.29 is 4.42 Å². The lowest BCUT2D eigenvalue weighted by Gasteiger charge is -2.11. The Kier molecular flexibility index (Phi) is 7.78. The molecule has 0 aliphatic rings. The molecule has 266 valence electrons. The molecule has 8 aromatic carbocycles. The predicted molar refractivity (Wildman–Crippen MR) is 235 cm³/mol. The third-order valence-electron chi connectivity index (χ3n) is 10.9. The molecule has 0 amide bonds. The molecule has 0 aliphatic heterocycles. The molecule has 0 radical (unpaired) electrons. The Morgan fingerprint density at radius 3 is 1.49 bits per heavy atom. The molecular formula is C53H33N3O. The predicted octanol–water partition coefficient (Wildman–Crippen LogP) is 14.1. The van der Waals surface area contributed by atoms with Gasteiger partial charge in [-0.3, -0.25) is 0 Å². The Morgan fingerprint density at radius 2 is 0.842 bits per heavy atom. The van der Waals surface area contributed by atoms with E-state index in [2.05, 4.69) is 176 Å². The first-order valence-electron chi connectivity index (χ1n) is 19.2. The first-order chi connectivity index (χ1) is 28.2. The molecule has 0 spiro atoms. The van der Waals surface area contributed by atoms with Crippen molar-refractivity contribution in [1.29, 1.82) is 0 Å². The Hall–Kier alpha value is -7.69. The normalized spacial score (nSPS) is 11.5. The summed E-state index contributed by atoms with van der Waals surface area (Å²) in [5.41, 5.74) is 13.8. The molecule has 0 bridgehead atoms. The van der Waals surface area contributed by atoms with Gasteiger partial charge in [-0.05, 0) is 64.7 Å². The zero-order valence-corrected chi connectivity index (χ0v) is 30.8. The van der Waals surface area contributed by atoms with E-state index in [1.54, 1.807) is 0 Å². The van der Waals surface area contributed by atoms with Gasteiger partial charge < -0.3 is 4.42 Å². The lowest BCUT2D eigenvalue weighted by atomic mass is 9.97. The zero-order valence-electron chi connectivity index (χ0n) is 30.8. The first-order valence-corrected chi connectivity index (χ1v) is 19.2. The van der Waals surface area contributed by atoms with Gasteiger partial charge in [-0.1, -0.05) is 158 Å². The maximum Gasteiger partial charge on any atom is 0.160 e. The summed E-state index contributed by atoms with van der Waals surface area (Å²) in [5.74, 6) is 0.631. The summed E-state index contributed by atoms with van der Waals surface area (Å²) < 4.78 is 6.90. The van der Waals surface area contributed by atoms with E-state index in [1.165, 1.54) is 0 Å². The van der Waals surface area contributed by atoms with Crippen LogP contribution in [0.3, 0.4) is 0 Å². The lowest BCUT2D eigenvalue weighted by molar-refractivity contribution is 0.673. The van der Waals surface area contributed by atoms with E-state index >= 15 is 0 Å². The van der Waals surface area contributed by atoms with Gasteiger partial charge in [0.1, 0.15) is 11.2 Å². The molecule has 0 atom stereocenters. The van der Waals surface area contributed by atoms with Crippen LogP contribution in [-0.4, -0.2) is 15.0 Å². The Labute approximate surface area is 329 Å². The molecule has 57 heavy (non-hydrogen) atoms. The van der Waals surface area contributed by atoms with Crippen molar-refractivity contribution in [2.45, 2.75) is 0 Å². The zero-order chi connectivity index (χ0) is 37.7. The van der Waals surface area contributed by atoms with E-state index in [1.807, 2.05) is 24.3 Å². The Morgan fingerprint density at radius 1 is 0.316 bits per heavy atom. The second-order valence-electron chi connectivity index (χ2n) is 14.4. The largest absolute Gasteiger partial charge is 0.455 e. The Balaban J connectivity index is 1.10. The highest BCUT2D eigenvalue weighted by Gasteiger charge is 2.19. The summed E-state index contributed by atoms with van der Waals surface area (Å²) in [5, 5.41) is 5.29. The summed E-state index contributed by atoms with van der Waals surface area (Å²) in [7, 11) is 0. The molecule has 0 saturated heterocycles. The molecule has 3 heterocycles. The molecule has 3 aromatic heterocycles. The number of fused-ring (bicyclic) bond motifs is 7. The van der Waals surface area contributed by atoms with Gasteiger partial charge in [0.05, 0.1) is 22.6 Å². The molecule has 11 aromatic rings. The van der Waals surface area contributed by atoms with Crippen molar-refractivity contribution in [1.82, 2.24) is 15.0 Å². The van der Waals surface area contributed by atoms with Gasteiger partial charge in [0.25, 0.3) is 0 Å². The molecule has 0 fully saturated rings. The molecule has 0 N–H and O–H groups in total. The maximum atomic E-state index is 6.90. The van der Waals surface area contributed by atoms with Crippen LogP contribution in [-0.2, 0) is 0 Å². The minimum Gasteiger partial charge on any atom is -0.455 e. The van der Waals surface area contributed by atoms with Crippen LogP contribution < -0.4 is 0 Å². The number of hydrogen-bond donors (Lipinski definition) is 0. The number of rotatable bonds is 6. The number of furan rings is 1. The van der Waals surface area contributed by atoms with Crippen LogP contribution in [0.25, 0.3) is 111 Å². The van der Waals surface area contributed by atoms with Gasteiger partial charge in [0, 0.05) is 49.2 Å². The highest BCUT2D eigenvalue weighted by molar-refractivity contribution is 6.24. The topological polar surface area (TPSA) is 51.8 Å². The van der Waals surface area contributed by atoms with E-state index in [0.717, 1.165) is 105 Å². The van der Waals surface area contributed by atoms with Crippen LogP contribution in [0.5, 0.6) is 0 Å². The van der Waals surface area contributed by atoms with Crippen molar-refractivity contribution in [3.8, 4) is 67.4 Å². The fourth-order valence-electron chi connectivity index (χ4n) is 8.07. The van der Waals surface area contributed by atoms with Gasteiger partial charge in [-0.15, -0.1) is 0 Å². The van der Waals surface area contributed by atoms with Crippen molar-refractivity contribution >= 4 is 43.6 Å². The molecule has 0 aliphatic carbocycles. The van der Waals surface area contributed by atoms with Crippen molar-refractivity contribution in [3.63, 3.8) is 0 Å². The molecule has 11 rings (SSSR count). The van der Waals surface area contributed by atoms with Crippen LogP contribution in [0.1, 0.15) is 0 Å². The monoisotopic (exact) mass is 727 g/mol. The number of pyridine rings is 1. The number of para-hydroxylation sites is 1. The van der Waals surface area contributed by atoms with Crippen molar-refractivity contribution in [2.75, 3.05) is 0 Å². The van der Waals surface area contributed by atoms with Crippen molar-refractivity contribution in [3.05, 3.63) is 200 Å². The second-order valence-corrected chi connectivity index (χ2v) is 14.4. The highest BCUT2D eigenvalue weighted by Crippen LogP contribution is 2.41. The number of benzene rings is 8. The smallest absolute Gasteiger partial charge is 0.160 e. The standard InChI is InChI=1S/C53H33N3O/c1-4-14-34(15-5-1)37-20-12-22-39(30-37)47-33-48(40-23-13-21-38(31-40)35-16-6-2-7-17-35)56-53(55-47)41-26-27-42-43-28-29-45-50(52(43)57-49(42)32-41)44-24-10-11-25-46(44)54-51(45)36-18-8-3-9-19-36/h1-33H. The van der Waals surface area contributed by atoms with E-state index in [4.69, 9.17) is 19.4 Å². The number of aromatic nitrogens is 3. The average molecular weight is 728 g/mol. The average Bonchev–Trinajstić information content (AvgIpc) is 3.68. The quantitative estimate of drug-likeness (QED) is 0.160.